The number of rotatable bonds is 8. The van der Waals surface area contributed by atoms with Gasteiger partial charge in [-0.1, -0.05) is 206 Å². The molecule has 5 heterocycles. The third-order valence-corrected chi connectivity index (χ3v) is 25.6. The minimum atomic E-state index is -3.13. The summed E-state index contributed by atoms with van der Waals surface area (Å²) in [5.41, 5.74) is 8.77. The Bertz CT molecular complexity index is 4400. The normalized spacial score (nSPS) is 13.1. The van der Waals surface area contributed by atoms with E-state index in [1.54, 1.807) is 0 Å². The van der Waals surface area contributed by atoms with E-state index in [0.717, 1.165) is 44.5 Å². The smallest absolute Gasteiger partial charge is 0.184 e. The van der Waals surface area contributed by atoms with Crippen molar-refractivity contribution in [3.8, 4) is 5.69 Å². The van der Waals surface area contributed by atoms with E-state index >= 15 is 0 Å². The quantitative estimate of drug-likeness (QED) is 0.0865. The van der Waals surface area contributed by atoms with Crippen molar-refractivity contribution in [3.63, 3.8) is 0 Å². The van der Waals surface area contributed by atoms with Crippen LogP contribution in [-0.4, -0.2) is 35.1 Å². The summed E-state index contributed by atoms with van der Waals surface area (Å²) in [4.78, 5) is 12.9. The molecule has 1 aliphatic heterocycles. The summed E-state index contributed by atoms with van der Waals surface area (Å²) in [6.45, 7) is 0. The van der Waals surface area contributed by atoms with Crippen LogP contribution in [0, 0.1) is 0 Å². The molecule has 0 spiro atoms. The second kappa shape index (κ2) is 17.1. The molecule has 0 aliphatic carbocycles. The number of fused-ring (bicyclic) bond motifs is 12. The van der Waals surface area contributed by atoms with Crippen molar-refractivity contribution in [2.24, 2.45) is 0 Å². The fourth-order valence-electron chi connectivity index (χ4n) is 13.1. The van der Waals surface area contributed by atoms with Gasteiger partial charge in [0.05, 0.1) is 11.0 Å². The lowest BCUT2D eigenvalue weighted by Gasteiger charge is -2.45. The van der Waals surface area contributed by atoms with E-state index in [0.29, 0.717) is 0 Å². The Morgan fingerprint density at radius 2 is 0.947 bits per heavy atom. The van der Waals surface area contributed by atoms with Gasteiger partial charge in [-0.05, 0) is 108 Å². The number of hydrogen-bond acceptors (Lipinski definition) is 3. The van der Waals surface area contributed by atoms with Crippen LogP contribution in [0.4, 0.5) is 17.1 Å². The van der Waals surface area contributed by atoms with Gasteiger partial charge in [-0.25, -0.2) is 9.97 Å². The molecule has 0 radical (unpaired) electrons. The summed E-state index contributed by atoms with van der Waals surface area (Å²) in [6, 6.07) is 99.8. The van der Waals surface area contributed by atoms with Crippen LogP contribution in [0.5, 0.6) is 0 Å². The number of imidazole rings is 1. The van der Waals surface area contributed by atoms with Crippen LogP contribution in [-0.2, 0) is 0 Å². The molecule has 0 atom stereocenters. The van der Waals surface area contributed by atoms with Crippen molar-refractivity contribution in [3.05, 3.63) is 286 Å². The molecular weight excluding hydrogens is 943 g/mol. The topological polar surface area (TPSA) is 38.4 Å². The highest BCUT2D eigenvalue weighted by atomic mass is 28.3. The van der Waals surface area contributed by atoms with Crippen molar-refractivity contribution in [2.45, 2.75) is 0 Å². The van der Waals surface area contributed by atoms with E-state index in [2.05, 4.69) is 287 Å². The molecule has 0 fully saturated rings. The van der Waals surface area contributed by atoms with Gasteiger partial charge >= 0.3 is 0 Å². The molecule has 15 rings (SSSR count). The molecule has 0 saturated heterocycles. The Morgan fingerprint density at radius 3 is 1.68 bits per heavy atom. The molecule has 5 nitrogen and oxygen atoms in total. The Kier molecular flexibility index (Phi) is 9.85. The lowest BCUT2D eigenvalue weighted by molar-refractivity contribution is 1.14. The Hall–Kier alpha value is -9.41. The average molecular weight is 990 g/mol. The van der Waals surface area contributed by atoms with Gasteiger partial charge in [-0.15, -0.1) is 0 Å². The van der Waals surface area contributed by atoms with E-state index in [9.17, 15) is 0 Å². The van der Waals surface area contributed by atoms with Crippen LogP contribution in [0.1, 0.15) is 0 Å². The second-order valence-electron chi connectivity index (χ2n) is 19.7. The SMILES string of the molecule is c1ccc(N2c3ccccc3[Si](c3ccccc3)(c3ccccc3)c3c2ccc2c3c3cccnc3n2-c2cccc([Si](c3ccccc3)(c3ccccc3)c3ccc4c5ccccc5n5ccnc5c4c3)c2)cc1. The summed E-state index contributed by atoms with van der Waals surface area (Å²) in [5, 5.41) is 16.5. The molecule has 14 aromatic rings. The molecule has 4 aromatic heterocycles. The van der Waals surface area contributed by atoms with E-state index in [1.807, 2.05) is 12.4 Å². The molecule has 1 aliphatic rings. The van der Waals surface area contributed by atoms with Crippen LogP contribution in [0.2, 0.25) is 0 Å². The van der Waals surface area contributed by atoms with Crippen molar-refractivity contribution in [1.29, 1.82) is 0 Å². The Morgan fingerprint density at radius 1 is 0.360 bits per heavy atom. The first kappa shape index (κ1) is 43.2. The molecule has 352 valence electrons. The molecule has 0 bridgehead atoms. The molecule has 7 heteroatoms. The minimum absolute atomic E-state index is 0.929. The van der Waals surface area contributed by atoms with Crippen LogP contribution in [0.25, 0.3) is 54.9 Å². The molecule has 10 aromatic carbocycles. The fourth-order valence-corrected chi connectivity index (χ4v) is 23.2. The molecule has 0 saturated carbocycles. The van der Waals surface area contributed by atoms with Crippen LogP contribution in [0.3, 0.4) is 0 Å². The highest BCUT2D eigenvalue weighted by molar-refractivity contribution is 7.22. The van der Waals surface area contributed by atoms with Gasteiger partial charge in [-0.3, -0.25) is 8.97 Å². The largest absolute Gasteiger partial charge is 0.311 e. The number of benzene rings is 10. The first-order valence-corrected chi connectivity index (χ1v) is 29.7. The van der Waals surface area contributed by atoms with Gasteiger partial charge in [0, 0.05) is 62.9 Å². The number of pyridine rings is 2. The molecular formula is C68H47N5Si2. The summed E-state index contributed by atoms with van der Waals surface area (Å²) in [7, 11) is -6.25. The van der Waals surface area contributed by atoms with E-state index in [-0.39, 0.29) is 0 Å². The predicted octanol–water partition coefficient (Wildman–Crippen LogP) is 10.7. The Labute approximate surface area is 436 Å². The van der Waals surface area contributed by atoms with E-state index in [4.69, 9.17) is 9.97 Å². The average Bonchev–Trinajstić information content (AvgIpc) is 4.16. The first-order valence-electron chi connectivity index (χ1n) is 25.7. The summed E-state index contributed by atoms with van der Waals surface area (Å²) >= 11 is 0. The summed E-state index contributed by atoms with van der Waals surface area (Å²) < 4.78 is 4.70. The highest BCUT2D eigenvalue weighted by Crippen LogP contribution is 2.43. The lowest BCUT2D eigenvalue weighted by atomic mass is 10.1. The van der Waals surface area contributed by atoms with Crippen LogP contribution >= 0.6 is 0 Å². The van der Waals surface area contributed by atoms with Gasteiger partial charge in [-0.2, -0.15) is 0 Å². The molecule has 0 unspecified atom stereocenters. The maximum absolute atomic E-state index is 5.37. The van der Waals surface area contributed by atoms with Gasteiger partial charge in [0.15, 0.2) is 16.1 Å². The van der Waals surface area contributed by atoms with Crippen molar-refractivity contribution >= 4 is 124 Å². The van der Waals surface area contributed by atoms with Gasteiger partial charge in [0.2, 0.25) is 0 Å². The lowest BCUT2D eigenvalue weighted by Crippen LogP contribution is -2.77. The van der Waals surface area contributed by atoms with Gasteiger partial charge < -0.3 is 4.90 Å². The first-order chi connectivity index (χ1) is 37.2. The number of para-hydroxylation sites is 3. The molecule has 0 amide bonds. The molecule has 75 heavy (non-hydrogen) atoms. The van der Waals surface area contributed by atoms with Crippen molar-refractivity contribution < 1.29 is 0 Å². The highest BCUT2D eigenvalue weighted by Gasteiger charge is 2.50. The zero-order valence-corrected chi connectivity index (χ0v) is 42.9. The third-order valence-electron chi connectivity index (χ3n) is 16.0. The number of hydrogen-bond donors (Lipinski definition) is 0. The third kappa shape index (κ3) is 6.23. The monoisotopic (exact) mass is 989 g/mol. The fraction of sp³-hybridized carbons (Fsp3) is 0. The zero-order valence-electron chi connectivity index (χ0n) is 40.9. The van der Waals surface area contributed by atoms with Gasteiger partial charge in [0.25, 0.3) is 0 Å². The van der Waals surface area contributed by atoms with E-state index < -0.39 is 16.1 Å². The van der Waals surface area contributed by atoms with Crippen molar-refractivity contribution in [1.82, 2.24) is 18.9 Å². The van der Waals surface area contributed by atoms with E-state index in [1.165, 1.54) is 69.0 Å². The van der Waals surface area contributed by atoms with Crippen molar-refractivity contribution in [2.75, 3.05) is 4.90 Å². The number of aromatic nitrogens is 4. The zero-order chi connectivity index (χ0) is 49.5. The summed E-state index contributed by atoms with van der Waals surface area (Å²) in [5.74, 6) is 0. The van der Waals surface area contributed by atoms with Crippen LogP contribution < -0.4 is 46.4 Å². The molecule has 0 N–H and O–H groups in total. The Balaban J connectivity index is 1.05. The minimum Gasteiger partial charge on any atom is -0.311 e. The number of nitrogens with zero attached hydrogens (tertiary/aromatic N) is 5. The maximum atomic E-state index is 5.37. The standard InChI is InChI=1S/C68H47N5Si2/c1-6-22-48(23-7-1)72-61-37-18-19-38-64(61)75(52-29-12-4-13-30-52,53-31-14-5-15-32-53)66-63(72)42-41-62-65(66)58-35-21-43-69-68(58)73(62)49-24-20-33-54(46-49)74(50-25-8-2-9-26-50,51-27-10-3-11-28-51)55-39-40-56-57-34-16-17-36-60(57)71-45-44-70-67(71)59(56)47-55/h1-47H. The van der Waals surface area contributed by atoms with Crippen LogP contribution in [0.15, 0.2) is 286 Å². The summed E-state index contributed by atoms with van der Waals surface area (Å²) in [6.07, 6.45) is 5.98. The number of anilines is 3. The second-order valence-corrected chi connectivity index (χ2v) is 27.2. The predicted molar refractivity (Wildman–Crippen MR) is 318 cm³/mol. The maximum Gasteiger partial charge on any atom is 0.184 e. The van der Waals surface area contributed by atoms with Gasteiger partial charge in [0.1, 0.15) is 11.3 Å².